The maximum atomic E-state index is 5.99. The Bertz CT molecular complexity index is 547. The monoisotopic (exact) mass is 258 g/mol. The van der Waals surface area contributed by atoms with Gasteiger partial charge in [0.15, 0.2) is 0 Å². The van der Waals surface area contributed by atoms with Gasteiger partial charge in [-0.05, 0) is 43.0 Å². The zero-order chi connectivity index (χ0) is 12.4. The van der Waals surface area contributed by atoms with Crippen molar-refractivity contribution in [1.29, 1.82) is 0 Å². The summed E-state index contributed by atoms with van der Waals surface area (Å²) in [7, 11) is 0. The van der Waals surface area contributed by atoms with E-state index in [1.165, 1.54) is 36.3 Å². The quantitative estimate of drug-likeness (QED) is 0.665. The van der Waals surface area contributed by atoms with E-state index in [1.807, 2.05) is 30.1 Å². The lowest BCUT2D eigenvalue weighted by atomic mass is 10.1. The minimum atomic E-state index is 0.823. The van der Waals surface area contributed by atoms with Crippen molar-refractivity contribution in [1.82, 2.24) is 4.98 Å². The van der Waals surface area contributed by atoms with E-state index in [2.05, 4.69) is 17.1 Å². The molecule has 1 heterocycles. The highest BCUT2D eigenvalue weighted by Gasteiger charge is 2.16. The SMILES string of the molecule is Nc1ccc(SCC2CCCC2)c2ncccc12. The van der Waals surface area contributed by atoms with Gasteiger partial charge >= 0.3 is 0 Å². The van der Waals surface area contributed by atoms with Gasteiger partial charge in [0.25, 0.3) is 0 Å². The van der Waals surface area contributed by atoms with Crippen LogP contribution < -0.4 is 5.73 Å². The molecule has 1 aromatic carbocycles. The van der Waals surface area contributed by atoms with Gasteiger partial charge in [-0.25, -0.2) is 0 Å². The largest absolute Gasteiger partial charge is 0.398 e. The van der Waals surface area contributed by atoms with E-state index in [9.17, 15) is 0 Å². The number of nitrogens with two attached hydrogens (primary N) is 1. The van der Waals surface area contributed by atoms with Crippen molar-refractivity contribution in [2.45, 2.75) is 30.6 Å². The van der Waals surface area contributed by atoms with E-state index in [-0.39, 0.29) is 0 Å². The predicted octanol–water partition coefficient (Wildman–Crippen LogP) is 4.10. The highest BCUT2D eigenvalue weighted by atomic mass is 32.2. The number of aromatic nitrogens is 1. The Morgan fingerprint density at radius 2 is 2.06 bits per heavy atom. The summed E-state index contributed by atoms with van der Waals surface area (Å²) in [4.78, 5) is 5.76. The number of benzene rings is 1. The number of anilines is 1. The number of rotatable bonds is 3. The molecule has 1 aromatic heterocycles. The van der Waals surface area contributed by atoms with Gasteiger partial charge in [-0.15, -0.1) is 11.8 Å². The maximum absolute atomic E-state index is 5.99. The molecule has 2 aromatic rings. The lowest BCUT2D eigenvalue weighted by molar-refractivity contribution is 0.623. The van der Waals surface area contributed by atoms with Crippen LogP contribution in [-0.2, 0) is 0 Å². The van der Waals surface area contributed by atoms with E-state index in [0.717, 1.165) is 22.5 Å². The molecule has 1 fully saturated rings. The predicted molar refractivity (Wildman–Crippen MR) is 78.8 cm³/mol. The van der Waals surface area contributed by atoms with Crippen molar-refractivity contribution in [3.05, 3.63) is 30.5 Å². The van der Waals surface area contributed by atoms with Crippen LogP contribution in [0.25, 0.3) is 10.9 Å². The molecule has 0 aliphatic heterocycles. The first-order valence-electron chi connectivity index (χ1n) is 6.60. The van der Waals surface area contributed by atoms with Crippen molar-refractivity contribution >= 4 is 28.4 Å². The van der Waals surface area contributed by atoms with Crippen LogP contribution in [0.3, 0.4) is 0 Å². The van der Waals surface area contributed by atoms with Gasteiger partial charge in [-0.2, -0.15) is 0 Å². The first kappa shape index (κ1) is 11.8. The van der Waals surface area contributed by atoms with Gasteiger partial charge in [0, 0.05) is 27.9 Å². The Morgan fingerprint density at radius 1 is 1.22 bits per heavy atom. The van der Waals surface area contributed by atoms with E-state index < -0.39 is 0 Å². The Balaban J connectivity index is 1.85. The van der Waals surface area contributed by atoms with Gasteiger partial charge in [-0.3, -0.25) is 4.98 Å². The highest BCUT2D eigenvalue weighted by Crippen LogP contribution is 2.34. The molecule has 0 saturated heterocycles. The van der Waals surface area contributed by atoms with Crippen LogP contribution in [0.4, 0.5) is 5.69 Å². The number of nitrogens with zero attached hydrogens (tertiary/aromatic N) is 1. The van der Waals surface area contributed by atoms with Crippen LogP contribution in [0.2, 0.25) is 0 Å². The summed E-state index contributed by atoms with van der Waals surface area (Å²) in [5.41, 5.74) is 7.87. The average molecular weight is 258 g/mol. The van der Waals surface area contributed by atoms with Crippen molar-refractivity contribution in [2.75, 3.05) is 11.5 Å². The Kier molecular flexibility index (Phi) is 3.41. The second-order valence-electron chi connectivity index (χ2n) is 5.01. The highest BCUT2D eigenvalue weighted by molar-refractivity contribution is 7.99. The molecule has 18 heavy (non-hydrogen) atoms. The lowest BCUT2D eigenvalue weighted by Crippen LogP contribution is -1.97. The zero-order valence-electron chi connectivity index (χ0n) is 10.4. The zero-order valence-corrected chi connectivity index (χ0v) is 11.2. The van der Waals surface area contributed by atoms with Crippen LogP contribution >= 0.6 is 11.8 Å². The smallest absolute Gasteiger partial charge is 0.0858 e. The molecular formula is C15H18N2S. The maximum Gasteiger partial charge on any atom is 0.0858 e. The van der Waals surface area contributed by atoms with E-state index in [4.69, 9.17) is 5.73 Å². The standard InChI is InChI=1S/C15H18N2S/c16-13-7-8-14(15-12(13)6-3-9-17-15)18-10-11-4-1-2-5-11/h3,6-9,11H,1-2,4-5,10,16H2. The summed E-state index contributed by atoms with van der Waals surface area (Å²) in [5, 5.41) is 1.08. The molecule has 2 nitrogen and oxygen atoms in total. The summed E-state index contributed by atoms with van der Waals surface area (Å²) < 4.78 is 0. The summed E-state index contributed by atoms with van der Waals surface area (Å²) in [6.45, 7) is 0. The molecule has 0 bridgehead atoms. The number of fused-ring (bicyclic) bond motifs is 1. The third-order valence-electron chi connectivity index (χ3n) is 3.72. The average Bonchev–Trinajstić information content (AvgIpc) is 2.92. The van der Waals surface area contributed by atoms with Crippen LogP contribution in [0.1, 0.15) is 25.7 Å². The van der Waals surface area contributed by atoms with Gasteiger partial charge in [0.05, 0.1) is 5.52 Å². The summed E-state index contributed by atoms with van der Waals surface area (Å²) in [5.74, 6) is 2.11. The van der Waals surface area contributed by atoms with Crippen LogP contribution in [0, 0.1) is 5.92 Å². The van der Waals surface area contributed by atoms with Crippen LogP contribution in [0.15, 0.2) is 35.4 Å². The summed E-state index contributed by atoms with van der Waals surface area (Å²) >= 11 is 1.94. The van der Waals surface area contributed by atoms with Crippen molar-refractivity contribution < 1.29 is 0 Å². The van der Waals surface area contributed by atoms with Crippen molar-refractivity contribution in [3.63, 3.8) is 0 Å². The molecule has 0 unspecified atom stereocenters. The Hall–Kier alpha value is -1.22. The number of hydrogen-bond acceptors (Lipinski definition) is 3. The van der Waals surface area contributed by atoms with E-state index in [0.29, 0.717) is 0 Å². The van der Waals surface area contributed by atoms with Gasteiger partial charge in [-0.1, -0.05) is 12.8 Å². The fourth-order valence-electron chi connectivity index (χ4n) is 2.67. The molecule has 0 spiro atoms. The second-order valence-corrected chi connectivity index (χ2v) is 6.08. The lowest BCUT2D eigenvalue weighted by Gasteiger charge is -2.10. The number of hydrogen-bond donors (Lipinski definition) is 1. The Labute approximate surface area is 112 Å². The second kappa shape index (κ2) is 5.19. The first-order chi connectivity index (χ1) is 8.84. The summed E-state index contributed by atoms with van der Waals surface area (Å²) in [6.07, 6.45) is 7.46. The van der Waals surface area contributed by atoms with Gasteiger partial charge < -0.3 is 5.73 Å². The topological polar surface area (TPSA) is 38.9 Å². The fraction of sp³-hybridized carbons (Fsp3) is 0.400. The minimum Gasteiger partial charge on any atom is -0.398 e. The number of pyridine rings is 1. The van der Waals surface area contributed by atoms with Crippen LogP contribution in [0.5, 0.6) is 0 Å². The first-order valence-corrected chi connectivity index (χ1v) is 7.59. The molecule has 1 aliphatic rings. The molecule has 94 valence electrons. The van der Waals surface area contributed by atoms with Crippen LogP contribution in [-0.4, -0.2) is 10.7 Å². The van der Waals surface area contributed by atoms with Gasteiger partial charge in [0.2, 0.25) is 0 Å². The van der Waals surface area contributed by atoms with E-state index in [1.54, 1.807) is 0 Å². The molecule has 3 rings (SSSR count). The number of nitrogen functional groups attached to an aromatic ring is 1. The third kappa shape index (κ3) is 2.32. The Morgan fingerprint density at radius 3 is 2.89 bits per heavy atom. The minimum absolute atomic E-state index is 0.823. The normalized spacial score (nSPS) is 16.4. The van der Waals surface area contributed by atoms with Crippen molar-refractivity contribution in [3.8, 4) is 0 Å². The summed E-state index contributed by atoms with van der Waals surface area (Å²) in [6, 6.07) is 8.12. The number of thioether (sulfide) groups is 1. The molecule has 1 saturated carbocycles. The van der Waals surface area contributed by atoms with E-state index >= 15 is 0 Å². The third-order valence-corrected chi connectivity index (χ3v) is 4.99. The molecule has 1 aliphatic carbocycles. The molecule has 2 N–H and O–H groups in total. The van der Waals surface area contributed by atoms with Gasteiger partial charge in [0.1, 0.15) is 0 Å². The molecule has 0 radical (unpaired) electrons. The molecular weight excluding hydrogens is 240 g/mol. The van der Waals surface area contributed by atoms with Crippen molar-refractivity contribution in [2.24, 2.45) is 5.92 Å². The molecule has 0 amide bonds. The molecule has 3 heteroatoms. The fourth-order valence-corrected chi connectivity index (χ4v) is 3.88. The molecule has 0 atom stereocenters.